The maximum atomic E-state index is 14.6. The van der Waals surface area contributed by atoms with Crippen molar-refractivity contribution < 1.29 is 41.0 Å². The Morgan fingerprint density at radius 1 is 0.762 bits per heavy atom. The molecule has 42 heavy (non-hydrogen) atoms. The minimum atomic E-state index is -4.79. The molecule has 216 valence electrons. The normalized spacial score (nSPS) is 16.5. The number of para-hydroxylation sites is 1. The second-order valence-electron chi connectivity index (χ2n) is 9.45. The number of hydrogen-bond donors (Lipinski definition) is 0. The maximum absolute atomic E-state index is 14.6. The number of esters is 1. The largest absolute Gasteiger partial charge is 0.573 e. The van der Waals surface area contributed by atoms with Gasteiger partial charge in [-0.3, -0.25) is 9.79 Å². The van der Waals surface area contributed by atoms with Gasteiger partial charge in [0.1, 0.15) is 36.3 Å². The molecule has 0 saturated carbocycles. The van der Waals surface area contributed by atoms with Gasteiger partial charge < -0.3 is 14.2 Å². The van der Waals surface area contributed by atoms with Gasteiger partial charge in [-0.25, -0.2) is 8.78 Å². The number of alkyl halides is 3. The number of nitrogens with zero attached hydrogens (tertiary/aromatic N) is 1. The van der Waals surface area contributed by atoms with Gasteiger partial charge in [0.05, 0.1) is 17.5 Å². The van der Waals surface area contributed by atoms with Crippen LogP contribution in [-0.4, -0.2) is 31.3 Å². The molecule has 0 bridgehead atoms. The van der Waals surface area contributed by atoms with Crippen LogP contribution in [0, 0.1) is 17.6 Å². The second-order valence-corrected chi connectivity index (χ2v) is 9.45. The van der Waals surface area contributed by atoms with Gasteiger partial charge in [0.25, 0.3) is 0 Å². The van der Waals surface area contributed by atoms with E-state index in [9.17, 15) is 26.7 Å². The molecule has 5 nitrogen and oxygen atoms in total. The maximum Gasteiger partial charge on any atom is 0.573 e. The average Bonchev–Trinajstić information content (AvgIpc) is 3.40. The van der Waals surface area contributed by atoms with Crippen LogP contribution in [-0.2, 0) is 9.53 Å². The van der Waals surface area contributed by atoms with Crippen molar-refractivity contribution in [1.29, 1.82) is 0 Å². The summed E-state index contributed by atoms with van der Waals surface area (Å²) in [4.78, 5) is 17.7. The molecule has 0 radical (unpaired) electrons. The van der Waals surface area contributed by atoms with Crippen LogP contribution >= 0.6 is 0 Å². The molecule has 2 atom stereocenters. The lowest BCUT2D eigenvalue weighted by Gasteiger charge is -2.18. The summed E-state index contributed by atoms with van der Waals surface area (Å²) in [5, 5.41) is 0. The molecule has 5 rings (SSSR count). The summed E-state index contributed by atoms with van der Waals surface area (Å²) < 4.78 is 81.6. The van der Waals surface area contributed by atoms with E-state index in [1.54, 1.807) is 36.4 Å². The SMILES string of the molecule is O=C(OCCOc1ccccc1)[C@H]1CC(c2c(F)cccc2F)=NC1c1ccc(-c2ccc(OC(F)(F)F)cc2)cc1. The lowest BCUT2D eigenvalue weighted by Crippen LogP contribution is -2.24. The molecule has 0 N–H and O–H groups in total. The highest BCUT2D eigenvalue weighted by molar-refractivity contribution is 6.04. The molecule has 0 fully saturated rings. The smallest absolute Gasteiger partial charge is 0.490 e. The lowest BCUT2D eigenvalue weighted by molar-refractivity contribution is -0.274. The predicted molar refractivity (Wildman–Crippen MR) is 145 cm³/mol. The number of ether oxygens (including phenoxy) is 3. The van der Waals surface area contributed by atoms with Crippen LogP contribution in [0.25, 0.3) is 11.1 Å². The monoisotopic (exact) mass is 581 g/mol. The summed E-state index contributed by atoms with van der Waals surface area (Å²) in [7, 11) is 0. The molecule has 0 saturated heterocycles. The Bertz CT molecular complexity index is 1530. The molecule has 0 amide bonds. The quantitative estimate of drug-likeness (QED) is 0.116. The van der Waals surface area contributed by atoms with E-state index in [1.807, 2.05) is 18.2 Å². The molecular weight excluding hydrogens is 557 g/mol. The van der Waals surface area contributed by atoms with Crippen molar-refractivity contribution in [3.63, 3.8) is 0 Å². The van der Waals surface area contributed by atoms with Crippen LogP contribution in [0.3, 0.4) is 0 Å². The molecule has 0 spiro atoms. The Morgan fingerprint density at radius 2 is 1.38 bits per heavy atom. The van der Waals surface area contributed by atoms with Crippen molar-refractivity contribution in [3.8, 4) is 22.6 Å². The van der Waals surface area contributed by atoms with E-state index in [2.05, 4.69) is 9.73 Å². The topological polar surface area (TPSA) is 57.1 Å². The zero-order valence-electron chi connectivity index (χ0n) is 22.0. The van der Waals surface area contributed by atoms with Gasteiger partial charge in [0.2, 0.25) is 0 Å². The molecule has 0 aromatic heterocycles. The van der Waals surface area contributed by atoms with Gasteiger partial charge in [-0.05, 0) is 53.1 Å². The highest BCUT2D eigenvalue weighted by Gasteiger charge is 2.39. The third-order valence-electron chi connectivity index (χ3n) is 6.66. The van der Waals surface area contributed by atoms with Crippen molar-refractivity contribution in [2.24, 2.45) is 10.9 Å². The first-order chi connectivity index (χ1) is 20.2. The van der Waals surface area contributed by atoms with E-state index in [1.165, 1.54) is 30.3 Å². The van der Waals surface area contributed by atoms with Crippen LogP contribution in [0.5, 0.6) is 11.5 Å². The first-order valence-corrected chi connectivity index (χ1v) is 13.0. The van der Waals surface area contributed by atoms with Crippen molar-refractivity contribution >= 4 is 11.7 Å². The minimum Gasteiger partial charge on any atom is -0.490 e. The van der Waals surface area contributed by atoms with Gasteiger partial charge in [0.15, 0.2) is 0 Å². The average molecular weight is 582 g/mol. The Hall–Kier alpha value is -4.73. The zero-order valence-corrected chi connectivity index (χ0v) is 22.0. The Morgan fingerprint density at radius 3 is 2.00 bits per heavy atom. The minimum absolute atomic E-state index is 0.0344. The molecule has 1 aliphatic rings. The molecular formula is C32H24F5NO4. The van der Waals surface area contributed by atoms with Crippen LogP contribution in [0.1, 0.15) is 23.6 Å². The lowest BCUT2D eigenvalue weighted by atomic mass is 9.90. The number of carbonyl (C=O) groups excluding carboxylic acids is 1. The first-order valence-electron chi connectivity index (χ1n) is 13.0. The van der Waals surface area contributed by atoms with E-state index in [0.29, 0.717) is 22.4 Å². The van der Waals surface area contributed by atoms with Crippen molar-refractivity contribution in [2.75, 3.05) is 13.2 Å². The number of benzene rings is 4. The second kappa shape index (κ2) is 12.4. The van der Waals surface area contributed by atoms with Crippen LogP contribution in [0.2, 0.25) is 0 Å². The van der Waals surface area contributed by atoms with E-state index >= 15 is 0 Å². The third-order valence-corrected chi connectivity index (χ3v) is 6.66. The van der Waals surface area contributed by atoms with E-state index in [-0.39, 0.29) is 36.7 Å². The Balaban J connectivity index is 1.34. The van der Waals surface area contributed by atoms with Crippen molar-refractivity contribution in [2.45, 2.75) is 18.8 Å². The van der Waals surface area contributed by atoms with E-state index < -0.39 is 35.9 Å². The number of rotatable bonds is 9. The molecule has 4 aromatic carbocycles. The number of aliphatic imine (C=N–C) groups is 1. The summed E-state index contributed by atoms with van der Waals surface area (Å²) in [5.41, 5.74) is 1.75. The van der Waals surface area contributed by atoms with Crippen LogP contribution in [0.15, 0.2) is 102 Å². The van der Waals surface area contributed by atoms with Gasteiger partial charge in [0, 0.05) is 12.1 Å². The number of hydrogen-bond acceptors (Lipinski definition) is 5. The molecule has 1 heterocycles. The fourth-order valence-electron chi connectivity index (χ4n) is 4.74. The van der Waals surface area contributed by atoms with Crippen molar-refractivity contribution in [3.05, 3.63) is 120 Å². The van der Waals surface area contributed by atoms with Gasteiger partial charge >= 0.3 is 12.3 Å². The predicted octanol–water partition coefficient (Wildman–Crippen LogP) is 7.70. The molecule has 1 unspecified atom stereocenters. The van der Waals surface area contributed by atoms with Crippen molar-refractivity contribution in [1.82, 2.24) is 0 Å². The molecule has 10 heteroatoms. The molecule has 0 aliphatic carbocycles. The van der Waals surface area contributed by atoms with E-state index in [4.69, 9.17) is 9.47 Å². The summed E-state index contributed by atoms with van der Waals surface area (Å²) in [6.45, 7) is 0.0810. The third kappa shape index (κ3) is 6.94. The standard InChI is InChI=1S/C32H24F5NO4/c33-26-7-4-8-27(34)29(26)28-19-25(31(39)41-18-17-40-23-5-2-1-3-6-23)30(38-28)22-11-9-20(10-12-22)21-13-15-24(16-14-21)42-32(35,36)37/h1-16,25,30H,17-19H2/t25-,30?/m0/s1. The van der Waals surface area contributed by atoms with Crippen LogP contribution in [0.4, 0.5) is 22.0 Å². The Labute approximate surface area is 238 Å². The zero-order chi connectivity index (χ0) is 29.7. The summed E-state index contributed by atoms with van der Waals surface area (Å²) in [6, 6.07) is 24.0. The Kier molecular flexibility index (Phi) is 8.51. The fourth-order valence-corrected chi connectivity index (χ4v) is 4.74. The number of halogens is 5. The van der Waals surface area contributed by atoms with Crippen LogP contribution < -0.4 is 9.47 Å². The van der Waals surface area contributed by atoms with Gasteiger partial charge in [-0.15, -0.1) is 13.2 Å². The van der Waals surface area contributed by atoms with Gasteiger partial charge in [-0.1, -0.05) is 60.7 Å². The number of carbonyl (C=O) groups is 1. The molecule has 1 aliphatic heterocycles. The fraction of sp³-hybridized carbons (Fsp3) is 0.188. The first kappa shape index (κ1) is 28.8. The summed E-state index contributed by atoms with van der Waals surface area (Å²) >= 11 is 0. The molecule has 4 aromatic rings. The highest BCUT2D eigenvalue weighted by Crippen LogP contribution is 2.39. The van der Waals surface area contributed by atoms with E-state index in [0.717, 1.165) is 12.1 Å². The van der Waals surface area contributed by atoms with Gasteiger partial charge in [-0.2, -0.15) is 0 Å². The summed E-state index contributed by atoms with van der Waals surface area (Å²) in [6.07, 6.45) is -4.83. The summed E-state index contributed by atoms with van der Waals surface area (Å²) in [5.74, 6) is -2.73. The highest BCUT2D eigenvalue weighted by atomic mass is 19.4.